The van der Waals surface area contributed by atoms with Gasteiger partial charge in [0.2, 0.25) is 11.8 Å². The monoisotopic (exact) mass is 653 g/mol. The van der Waals surface area contributed by atoms with E-state index in [9.17, 15) is 18.0 Å². The molecule has 1 N–H and O–H groups in total. The first-order chi connectivity index (χ1) is 22.8. The summed E-state index contributed by atoms with van der Waals surface area (Å²) in [4.78, 5) is 30.5. The summed E-state index contributed by atoms with van der Waals surface area (Å²) in [5, 5.41) is 3.21. The Bertz CT molecular complexity index is 1720. The molecule has 0 aliphatic heterocycles. The molecule has 0 bridgehead atoms. The zero-order valence-electron chi connectivity index (χ0n) is 27.0. The normalized spacial score (nSPS) is 13.9. The lowest BCUT2D eigenvalue weighted by atomic mass is 10.0. The summed E-state index contributed by atoms with van der Waals surface area (Å²) in [6, 6.07) is 31.4. The fourth-order valence-electron chi connectivity index (χ4n) is 5.99. The highest BCUT2D eigenvalue weighted by atomic mass is 32.2. The lowest BCUT2D eigenvalue weighted by molar-refractivity contribution is -0.140. The molecule has 246 valence electrons. The number of amides is 2. The highest BCUT2D eigenvalue weighted by Crippen LogP contribution is 2.33. The summed E-state index contributed by atoms with van der Waals surface area (Å²) in [6.45, 7) is 3.71. The second-order valence-electron chi connectivity index (χ2n) is 11.9. The van der Waals surface area contributed by atoms with E-state index in [0.29, 0.717) is 12.4 Å². The lowest BCUT2D eigenvalue weighted by Gasteiger charge is -2.34. The van der Waals surface area contributed by atoms with Crippen LogP contribution in [0.5, 0.6) is 5.75 Å². The van der Waals surface area contributed by atoms with Gasteiger partial charge >= 0.3 is 0 Å². The van der Waals surface area contributed by atoms with E-state index in [1.54, 1.807) is 47.4 Å². The van der Waals surface area contributed by atoms with Gasteiger partial charge in [-0.15, -0.1) is 0 Å². The van der Waals surface area contributed by atoms with Crippen LogP contribution in [0.3, 0.4) is 0 Å². The number of nitrogens with one attached hydrogen (secondary N) is 1. The predicted molar refractivity (Wildman–Crippen MR) is 185 cm³/mol. The van der Waals surface area contributed by atoms with Gasteiger partial charge in [0.1, 0.15) is 18.3 Å². The van der Waals surface area contributed by atoms with Crippen LogP contribution in [0.15, 0.2) is 114 Å². The first-order valence-electron chi connectivity index (χ1n) is 16.2. The molecule has 4 aromatic rings. The average molecular weight is 654 g/mol. The van der Waals surface area contributed by atoms with E-state index in [1.807, 2.05) is 68.4 Å². The Balaban J connectivity index is 1.58. The van der Waals surface area contributed by atoms with Crippen molar-refractivity contribution in [1.29, 1.82) is 0 Å². The Kier molecular flexibility index (Phi) is 11.3. The molecule has 1 aliphatic rings. The Hall–Kier alpha value is -4.63. The molecular formula is C38H43N3O5S. The topological polar surface area (TPSA) is 96.0 Å². The Morgan fingerprint density at radius 3 is 2.11 bits per heavy atom. The Labute approximate surface area is 278 Å². The van der Waals surface area contributed by atoms with E-state index in [0.717, 1.165) is 46.7 Å². The maximum absolute atomic E-state index is 14.7. The van der Waals surface area contributed by atoms with Crippen molar-refractivity contribution >= 4 is 27.5 Å². The van der Waals surface area contributed by atoms with Gasteiger partial charge in [0.05, 0.1) is 17.2 Å². The highest BCUT2D eigenvalue weighted by Gasteiger charge is 2.36. The van der Waals surface area contributed by atoms with Crippen molar-refractivity contribution in [2.75, 3.05) is 17.5 Å². The van der Waals surface area contributed by atoms with Crippen LogP contribution in [0.25, 0.3) is 0 Å². The van der Waals surface area contributed by atoms with Crippen molar-refractivity contribution in [2.45, 2.75) is 69.5 Å². The van der Waals surface area contributed by atoms with Gasteiger partial charge in [0, 0.05) is 19.0 Å². The number of ether oxygens (including phenoxy) is 1. The number of hydrogen-bond acceptors (Lipinski definition) is 5. The summed E-state index contributed by atoms with van der Waals surface area (Å²) >= 11 is 0. The van der Waals surface area contributed by atoms with E-state index >= 15 is 0 Å². The third kappa shape index (κ3) is 8.60. The highest BCUT2D eigenvalue weighted by molar-refractivity contribution is 7.92. The number of anilines is 1. The zero-order chi connectivity index (χ0) is 33.2. The molecule has 2 amide bonds. The summed E-state index contributed by atoms with van der Waals surface area (Å²) < 4.78 is 35.5. The van der Waals surface area contributed by atoms with Gasteiger partial charge in [-0.05, 0) is 62.1 Å². The minimum absolute atomic E-state index is 0.0454. The Morgan fingerprint density at radius 2 is 1.45 bits per heavy atom. The maximum Gasteiger partial charge on any atom is 0.264 e. The van der Waals surface area contributed by atoms with Crippen molar-refractivity contribution in [3.8, 4) is 5.75 Å². The van der Waals surface area contributed by atoms with E-state index in [4.69, 9.17) is 4.74 Å². The molecule has 1 aliphatic carbocycles. The standard InChI is InChI=1S/C38H43N3O5S/c1-3-46-36-21-13-12-20-34(36)41(47(44,45)33-18-8-5-9-19-33)28-37(42)40(27-31-24-22-29(2)23-25-31)35(26-30-14-6-4-7-15-30)38(43)39-32-16-10-11-17-32/h4-9,12-15,18-25,32,35H,3,10-11,16-17,26-28H2,1-2H3,(H,39,43)/t35-/m0/s1. The van der Waals surface area contributed by atoms with E-state index in [2.05, 4.69) is 5.32 Å². The second-order valence-corrected chi connectivity index (χ2v) is 13.8. The van der Waals surface area contributed by atoms with Crippen LogP contribution in [0.1, 0.15) is 49.3 Å². The molecule has 8 nitrogen and oxygen atoms in total. The van der Waals surface area contributed by atoms with Gasteiger partial charge < -0.3 is 15.0 Å². The minimum Gasteiger partial charge on any atom is -0.492 e. The lowest BCUT2D eigenvalue weighted by Crippen LogP contribution is -2.54. The van der Waals surface area contributed by atoms with E-state index in [-0.39, 0.29) is 35.5 Å². The number of aryl methyl sites for hydroxylation is 1. The maximum atomic E-state index is 14.7. The zero-order valence-corrected chi connectivity index (χ0v) is 27.9. The molecule has 0 unspecified atom stereocenters. The third-order valence-corrected chi connectivity index (χ3v) is 10.3. The molecule has 0 spiro atoms. The van der Waals surface area contributed by atoms with E-state index < -0.39 is 28.5 Å². The average Bonchev–Trinajstić information content (AvgIpc) is 3.60. The molecule has 0 heterocycles. The van der Waals surface area contributed by atoms with Crippen molar-refractivity contribution in [3.05, 3.63) is 126 Å². The quantitative estimate of drug-likeness (QED) is 0.173. The number of nitrogens with zero attached hydrogens (tertiary/aromatic N) is 2. The molecular weight excluding hydrogens is 611 g/mol. The van der Waals surface area contributed by atoms with Crippen LogP contribution < -0.4 is 14.4 Å². The summed E-state index contributed by atoms with van der Waals surface area (Å²) in [5.41, 5.74) is 3.05. The van der Waals surface area contributed by atoms with Crippen LogP contribution in [-0.4, -0.2) is 50.4 Å². The first kappa shape index (κ1) is 33.7. The van der Waals surface area contributed by atoms with Crippen LogP contribution in [0, 0.1) is 6.92 Å². The van der Waals surface area contributed by atoms with Gasteiger partial charge in [-0.1, -0.05) is 103 Å². The fourth-order valence-corrected chi connectivity index (χ4v) is 7.43. The molecule has 4 aromatic carbocycles. The second kappa shape index (κ2) is 15.8. The molecule has 0 aromatic heterocycles. The molecule has 0 radical (unpaired) electrons. The number of rotatable bonds is 14. The Morgan fingerprint density at radius 1 is 0.830 bits per heavy atom. The smallest absolute Gasteiger partial charge is 0.264 e. The van der Waals surface area contributed by atoms with E-state index in [1.165, 1.54) is 12.1 Å². The van der Waals surface area contributed by atoms with Crippen LogP contribution >= 0.6 is 0 Å². The molecule has 1 saturated carbocycles. The minimum atomic E-state index is -4.22. The SMILES string of the molecule is CCOc1ccccc1N(CC(=O)N(Cc1ccc(C)cc1)[C@@H](Cc1ccccc1)C(=O)NC1CCCC1)S(=O)(=O)c1ccccc1. The van der Waals surface area contributed by atoms with Crippen molar-refractivity contribution in [2.24, 2.45) is 0 Å². The van der Waals surface area contributed by atoms with Crippen LogP contribution in [0.2, 0.25) is 0 Å². The number of sulfonamides is 1. The van der Waals surface area contributed by atoms with Gasteiger partial charge in [-0.3, -0.25) is 13.9 Å². The van der Waals surface area contributed by atoms with Crippen molar-refractivity contribution in [1.82, 2.24) is 10.2 Å². The van der Waals surface area contributed by atoms with Gasteiger partial charge in [0.15, 0.2) is 0 Å². The van der Waals surface area contributed by atoms with Crippen molar-refractivity contribution < 1.29 is 22.7 Å². The third-order valence-electron chi connectivity index (χ3n) is 8.49. The molecule has 47 heavy (non-hydrogen) atoms. The predicted octanol–water partition coefficient (Wildman–Crippen LogP) is 6.29. The van der Waals surface area contributed by atoms with Gasteiger partial charge in [0.25, 0.3) is 10.0 Å². The van der Waals surface area contributed by atoms with Crippen LogP contribution in [-0.2, 0) is 32.6 Å². The molecule has 1 atom stereocenters. The molecule has 1 fully saturated rings. The fraction of sp³-hybridized carbons (Fsp3) is 0.316. The number of carbonyl (C=O) groups excluding carboxylic acids is 2. The molecule has 9 heteroatoms. The van der Waals surface area contributed by atoms with Crippen LogP contribution in [0.4, 0.5) is 5.69 Å². The molecule has 0 saturated heterocycles. The number of hydrogen-bond donors (Lipinski definition) is 1. The van der Waals surface area contributed by atoms with Gasteiger partial charge in [-0.25, -0.2) is 8.42 Å². The number of benzene rings is 4. The summed E-state index contributed by atoms with van der Waals surface area (Å²) in [5.74, 6) is -0.403. The summed E-state index contributed by atoms with van der Waals surface area (Å²) in [6.07, 6.45) is 4.16. The largest absolute Gasteiger partial charge is 0.492 e. The van der Waals surface area contributed by atoms with Crippen molar-refractivity contribution in [3.63, 3.8) is 0 Å². The summed E-state index contributed by atoms with van der Waals surface area (Å²) in [7, 11) is -4.22. The number of carbonyl (C=O) groups is 2. The van der Waals surface area contributed by atoms with Gasteiger partial charge in [-0.2, -0.15) is 0 Å². The first-order valence-corrected chi connectivity index (χ1v) is 17.7. The number of para-hydroxylation sites is 2. The molecule has 5 rings (SSSR count).